The van der Waals surface area contributed by atoms with Gasteiger partial charge in [0.25, 0.3) is 0 Å². The number of nitrogens with zero attached hydrogens (tertiary/aromatic N) is 3. The molecule has 96 valence electrons. The van der Waals surface area contributed by atoms with Crippen molar-refractivity contribution in [1.29, 1.82) is 0 Å². The van der Waals surface area contributed by atoms with Crippen molar-refractivity contribution in [3.63, 3.8) is 0 Å². The molecule has 1 atom stereocenters. The van der Waals surface area contributed by atoms with Gasteiger partial charge in [-0.3, -0.25) is 4.98 Å². The molecule has 0 saturated carbocycles. The van der Waals surface area contributed by atoms with Gasteiger partial charge in [-0.2, -0.15) is 0 Å². The first-order valence-corrected chi connectivity index (χ1v) is 6.33. The Morgan fingerprint density at radius 2 is 1.95 bits per heavy atom. The number of hydrogen-bond donors (Lipinski definition) is 1. The Morgan fingerprint density at radius 3 is 2.74 bits per heavy atom. The summed E-state index contributed by atoms with van der Waals surface area (Å²) in [5, 5.41) is 4.62. The molecular weight excluding hydrogens is 236 g/mol. The van der Waals surface area contributed by atoms with Gasteiger partial charge in [-0.15, -0.1) is 0 Å². The number of nitrogens with one attached hydrogen (secondary N) is 1. The van der Waals surface area contributed by atoms with E-state index in [-0.39, 0.29) is 6.04 Å². The van der Waals surface area contributed by atoms with Crippen LogP contribution in [0.25, 0.3) is 10.9 Å². The normalized spacial score (nSPS) is 12.5. The molecule has 0 amide bonds. The maximum absolute atomic E-state index is 4.45. The smallest absolute Gasteiger partial charge is 0.130 e. The predicted octanol–water partition coefficient (Wildman–Crippen LogP) is 3.14. The lowest BCUT2D eigenvalue weighted by Crippen LogP contribution is -2.12. The molecule has 0 aliphatic rings. The number of fused-ring (bicyclic) bond motifs is 1. The Hall–Kier alpha value is -2.36. The number of benzene rings is 1. The first-order valence-electron chi connectivity index (χ1n) is 6.33. The molecule has 1 aromatic carbocycles. The highest BCUT2D eigenvalue weighted by Gasteiger charge is 2.11. The summed E-state index contributed by atoms with van der Waals surface area (Å²) in [6.45, 7) is 2.10. The fourth-order valence-electron chi connectivity index (χ4n) is 2.31. The van der Waals surface area contributed by atoms with Crippen molar-refractivity contribution in [2.24, 2.45) is 7.05 Å². The average molecular weight is 252 g/mol. The minimum Gasteiger partial charge on any atom is -0.374 e. The van der Waals surface area contributed by atoms with E-state index in [2.05, 4.69) is 40.4 Å². The summed E-state index contributed by atoms with van der Waals surface area (Å²) in [5.74, 6) is 1.01. The van der Waals surface area contributed by atoms with E-state index in [1.54, 1.807) is 0 Å². The van der Waals surface area contributed by atoms with Crippen molar-refractivity contribution >= 4 is 16.6 Å². The number of aryl methyl sites for hydroxylation is 1. The zero-order chi connectivity index (χ0) is 13.2. The van der Waals surface area contributed by atoms with Crippen LogP contribution in [0.5, 0.6) is 0 Å². The molecule has 4 nitrogen and oxygen atoms in total. The highest BCUT2D eigenvalue weighted by Crippen LogP contribution is 2.24. The van der Waals surface area contributed by atoms with Crippen LogP contribution in [-0.2, 0) is 7.05 Å². The zero-order valence-corrected chi connectivity index (χ0v) is 11.0. The summed E-state index contributed by atoms with van der Waals surface area (Å²) in [6, 6.07) is 10.3. The third-order valence-electron chi connectivity index (χ3n) is 3.25. The molecule has 0 radical (unpaired) electrons. The van der Waals surface area contributed by atoms with Gasteiger partial charge < -0.3 is 9.88 Å². The van der Waals surface area contributed by atoms with Crippen LogP contribution >= 0.6 is 0 Å². The van der Waals surface area contributed by atoms with E-state index in [0.29, 0.717) is 0 Å². The lowest BCUT2D eigenvalue weighted by Gasteiger charge is -2.16. The highest BCUT2D eigenvalue weighted by atomic mass is 15.1. The van der Waals surface area contributed by atoms with Crippen LogP contribution in [0.3, 0.4) is 0 Å². The highest BCUT2D eigenvalue weighted by molar-refractivity contribution is 5.90. The quantitative estimate of drug-likeness (QED) is 0.778. The zero-order valence-electron chi connectivity index (χ0n) is 11.0. The second-order valence-electron chi connectivity index (χ2n) is 4.64. The molecule has 3 aromatic rings. The Balaban J connectivity index is 1.96. The summed E-state index contributed by atoms with van der Waals surface area (Å²) >= 11 is 0. The molecule has 3 rings (SSSR count). The molecular formula is C15H16N4. The lowest BCUT2D eigenvalue weighted by atomic mass is 10.1. The number of anilines is 1. The molecule has 0 bridgehead atoms. The Labute approximate surface area is 112 Å². The Bertz CT molecular complexity index is 697. The number of hydrogen-bond acceptors (Lipinski definition) is 3. The SMILES string of the molecule is CC(Nc1cccc2cccnc12)c1nccn1C. The van der Waals surface area contributed by atoms with Crippen LogP contribution in [-0.4, -0.2) is 14.5 Å². The monoisotopic (exact) mass is 252 g/mol. The molecule has 19 heavy (non-hydrogen) atoms. The van der Waals surface area contributed by atoms with E-state index < -0.39 is 0 Å². The number of imidazole rings is 1. The summed E-state index contributed by atoms with van der Waals surface area (Å²) < 4.78 is 2.02. The lowest BCUT2D eigenvalue weighted by molar-refractivity contribution is 0.722. The second-order valence-corrected chi connectivity index (χ2v) is 4.64. The minimum atomic E-state index is 0.132. The molecule has 2 heterocycles. The molecule has 0 aliphatic heterocycles. The largest absolute Gasteiger partial charge is 0.374 e. The summed E-state index contributed by atoms with van der Waals surface area (Å²) in [6.07, 6.45) is 5.59. The summed E-state index contributed by atoms with van der Waals surface area (Å²) in [7, 11) is 2.00. The first kappa shape index (κ1) is 11.7. The summed E-state index contributed by atoms with van der Waals surface area (Å²) in [4.78, 5) is 8.82. The first-order chi connectivity index (χ1) is 9.25. The van der Waals surface area contributed by atoms with Crippen molar-refractivity contribution in [3.05, 3.63) is 54.7 Å². The topological polar surface area (TPSA) is 42.7 Å². The summed E-state index contributed by atoms with van der Waals surface area (Å²) in [5.41, 5.74) is 2.03. The molecule has 1 N–H and O–H groups in total. The molecule has 0 fully saturated rings. The molecule has 4 heteroatoms. The molecule has 0 aliphatic carbocycles. The Kier molecular flexibility index (Phi) is 2.91. The van der Waals surface area contributed by atoms with Gasteiger partial charge in [0.2, 0.25) is 0 Å². The van der Waals surface area contributed by atoms with Crippen molar-refractivity contribution in [2.75, 3.05) is 5.32 Å². The van der Waals surface area contributed by atoms with Gasteiger partial charge >= 0.3 is 0 Å². The van der Waals surface area contributed by atoms with E-state index in [0.717, 1.165) is 22.4 Å². The molecule has 0 spiro atoms. The second kappa shape index (κ2) is 4.72. The van der Waals surface area contributed by atoms with Gasteiger partial charge in [0.15, 0.2) is 0 Å². The van der Waals surface area contributed by atoms with Gasteiger partial charge in [0, 0.05) is 31.0 Å². The number of pyridine rings is 1. The fourth-order valence-corrected chi connectivity index (χ4v) is 2.31. The third kappa shape index (κ3) is 2.17. The maximum atomic E-state index is 4.45. The standard InChI is InChI=1S/C15H16N4/c1-11(15-17-9-10-19(15)2)18-13-7-3-5-12-6-4-8-16-14(12)13/h3-11,18H,1-2H3. The average Bonchev–Trinajstić information content (AvgIpc) is 2.85. The van der Waals surface area contributed by atoms with Gasteiger partial charge in [-0.25, -0.2) is 4.98 Å². The van der Waals surface area contributed by atoms with Crippen molar-refractivity contribution < 1.29 is 0 Å². The van der Waals surface area contributed by atoms with Gasteiger partial charge in [-0.1, -0.05) is 18.2 Å². The molecule has 0 saturated heterocycles. The maximum Gasteiger partial charge on any atom is 0.130 e. The van der Waals surface area contributed by atoms with Gasteiger partial charge in [-0.05, 0) is 19.1 Å². The third-order valence-corrected chi connectivity index (χ3v) is 3.25. The van der Waals surface area contributed by atoms with Crippen LogP contribution in [0.4, 0.5) is 5.69 Å². The van der Waals surface area contributed by atoms with Crippen molar-refractivity contribution in [1.82, 2.24) is 14.5 Å². The van der Waals surface area contributed by atoms with E-state index in [1.807, 2.05) is 42.3 Å². The van der Waals surface area contributed by atoms with Crippen molar-refractivity contribution in [2.45, 2.75) is 13.0 Å². The number of para-hydroxylation sites is 1. The van der Waals surface area contributed by atoms with Gasteiger partial charge in [0.05, 0.1) is 17.2 Å². The molecule has 2 aromatic heterocycles. The van der Waals surface area contributed by atoms with E-state index in [9.17, 15) is 0 Å². The van der Waals surface area contributed by atoms with Crippen LogP contribution in [0, 0.1) is 0 Å². The van der Waals surface area contributed by atoms with Crippen LogP contribution in [0.15, 0.2) is 48.9 Å². The van der Waals surface area contributed by atoms with Crippen LogP contribution in [0.1, 0.15) is 18.8 Å². The predicted molar refractivity (Wildman–Crippen MR) is 77.0 cm³/mol. The van der Waals surface area contributed by atoms with E-state index in [1.165, 1.54) is 0 Å². The molecule has 1 unspecified atom stereocenters. The van der Waals surface area contributed by atoms with E-state index in [4.69, 9.17) is 0 Å². The van der Waals surface area contributed by atoms with Gasteiger partial charge in [0.1, 0.15) is 5.82 Å². The fraction of sp³-hybridized carbons (Fsp3) is 0.200. The van der Waals surface area contributed by atoms with Crippen LogP contribution in [0.2, 0.25) is 0 Å². The number of rotatable bonds is 3. The Morgan fingerprint density at radius 1 is 1.11 bits per heavy atom. The number of aromatic nitrogens is 3. The van der Waals surface area contributed by atoms with E-state index >= 15 is 0 Å². The minimum absolute atomic E-state index is 0.132. The van der Waals surface area contributed by atoms with Crippen molar-refractivity contribution in [3.8, 4) is 0 Å². The van der Waals surface area contributed by atoms with Crippen LogP contribution < -0.4 is 5.32 Å².